The van der Waals surface area contributed by atoms with E-state index >= 15 is 0 Å². The Morgan fingerprint density at radius 1 is 0.971 bits per heavy atom. The van der Waals surface area contributed by atoms with Crippen LogP contribution in [0, 0.1) is 0 Å². The van der Waals surface area contributed by atoms with Gasteiger partial charge >= 0.3 is 5.97 Å². The average Bonchev–Trinajstić information content (AvgIpc) is 2.87. The number of carbonyl (C=O) groups excluding carboxylic acids is 2. The zero-order chi connectivity index (χ0) is 23.8. The van der Waals surface area contributed by atoms with E-state index in [0.717, 1.165) is 5.56 Å². The predicted octanol–water partition coefficient (Wildman–Crippen LogP) is 4.54. The van der Waals surface area contributed by atoms with Crippen molar-refractivity contribution in [1.82, 2.24) is 4.90 Å². The van der Waals surface area contributed by atoms with E-state index in [9.17, 15) is 9.59 Å². The molecule has 0 unspecified atom stereocenters. The van der Waals surface area contributed by atoms with Crippen LogP contribution in [0.3, 0.4) is 0 Å². The Bertz CT molecular complexity index is 1160. The summed E-state index contributed by atoms with van der Waals surface area (Å²) >= 11 is 0. The molecule has 0 bridgehead atoms. The molecule has 34 heavy (non-hydrogen) atoms. The number of amides is 1. The lowest BCUT2D eigenvalue weighted by Crippen LogP contribution is -2.40. The van der Waals surface area contributed by atoms with Gasteiger partial charge in [-0.1, -0.05) is 42.5 Å². The first-order chi connectivity index (χ1) is 16.6. The fourth-order valence-corrected chi connectivity index (χ4v) is 3.34. The third-order valence-electron chi connectivity index (χ3n) is 5.04. The normalized spacial score (nSPS) is 13.0. The third kappa shape index (κ3) is 5.75. The van der Waals surface area contributed by atoms with E-state index in [1.807, 2.05) is 42.5 Å². The standard InChI is InChI=1S/C27H25NO6/c1-2-31-27(30)25(34-22-8-4-3-5-9-22)18-20-12-14-21(15-13-20)32-17-16-28-19-33-24-11-7-6-10-23(24)26(28)29/h3-15,18H,2,16-17,19H2,1H3. The zero-order valence-electron chi connectivity index (χ0n) is 18.8. The molecule has 7 nitrogen and oxygen atoms in total. The predicted molar refractivity (Wildman–Crippen MR) is 127 cm³/mol. The zero-order valence-corrected chi connectivity index (χ0v) is 18.8. The van der Waals surface area contributed by atoms with Crippen molar-refractivity contribution in [2.75, 3.05) is 26.5 Å². The van der Waals surface area contributed by atoms with Crippen LogP contribution in [0.1, 0.15) is 22.8 Å². The number of benzene rings is 3. The summed E-state index contributed by atoms with van der Waals surface area (Å²) in [6.07, 6.45) is 1.62. The van der Waals surface area contributed by atoms with Crippen molar-refractivity contribution in [2.24, 2.45) is 0 Å². The fraction of sp³-hybridized carbons (Fsp3) is 0.185. The number of hydrogen-bond acceptors (Lipinski definition) is 6. The van der Waals surface area contributed by atoms with Gasteiger partial charge in [0.15, 0.2) is 6.73 Å². The molecular weight excluding hydrogens is 434 g/mol. The lowest BCUT2D eigenvalue weighted by atomic mass is 10.1. The van der Waals surface area contributed by atoms with Gasteiger partial charge in [-0.2, -0.15) is 0 Å². The van der Waals surface area contributed by atoms with Crippen LogP contribution in [0.2, 0.25) is 0 Å². The molecule has 3 aromatic rings. The summed E-state index contributed by atoms with van der Waals surface area (Å²) in [6.45, 7) is 2.90. The molecule has 0 aromatic heterocycles. The number of rotatable bonds is 9. The van der Waals surface area contributed by atoms with Crippen LogP contribution in [0.25, 0.3) is 6.08 Å². The van der Waals surface area contributed by atoms with Crippen LogP contribution in [0.4, 0.5) is 0 Å². The van der Waals surface area contributed by atoms with Gasteiger partial charge in [-0.3, -0.25) is 4.79 Å². The average molecular weight is 459 g/mol. The minimum Gasteiger partial charge on any atom is -0.492 e. The Morgan fingerprint density at radius 3 is 2.47 bits per heavy atom. The quantitative estimate of drug-likeness (QED) is 0.266. The van der Waals surface area contributed by atoms with Gasteiger partial charge in [-0.25, -0.2) is 4.79 Å². The van der Waals surface area contributed by atoms with Crippen molar-refractivity contribution in [3.05, 3.63) is 95.7 Å². The van der Waals surface area contributed by atoms with Gasteiger partial charge in [0.05, 0.1) is 18.7 Å². The maximum absolute atomic E-state index is 12.6. The van der Waals surface area contributed by atoms with E-state index in [4.69, 9.17) is 18.9 Å². The summed E-state index contributed by atoms with van der Waals surface area (Å²) < 4.78 is 22.3. The van der Waals surface area contributed by atoms with Gasteiger partial charge in [-0.05, 0) is 55.0 Å². The molecule has 0 spiro atoms. The van der Waals surface area contributed by atoms with E-state index in [1.54, 1.807) is 54.3 Å². The summed E-state index contributed by atoms with van der Waals surface area (Å²) in [5.74, 6) is 1.26. The number of ether oxygens (including phenoxy) is 4. The van der Waals surface area contributed by atoms with E-state index in [2.05, 4.69) is 0 Å². The van der Waals surface area contributed by atoms with Crippen molar-refractivity contribution in [2.45, 2.75) is 6.92 Å². The summed E-state index contributed by atoms with van der Waals surface area (Å²) in [7, 11) is 0. The highest BCUT2D eigenvalue weighted by atomic mass is 16.6. The van der Waals surface area contributed by atoms with Gasteiger partial charge in [0.1, 0.15) is 23.9 Å². The molecule has 1 aliphatic rings. The third-order valence-corrected chi connectivity index (χ3v) is 5.04. The smallest absolute Gasteiger partial charge is 0.374 e. The first-order valence-corrected chi connectivity index (χ1v) is 11.0. The number of para-hydroxylation sites is 2. The highest BCUT2D eigenvalue weighted by molar-refractivity contribution is 5.97. The van der Waals surface area contributed by atoms with E-state index in [1.165, 1.54) is 0 Å². The second-order valence-electron chi connectivity index (χ2n) is 7.40. The van der Waals surface area contributed by atoms with E-state index in [-0.39, 0.29) is 25.0 Å². The topological polar surface area (TPSA) is 74.3 Å². The monoisotopic (exact) mass is 459 g/mol. The molecule has 0 aliphatic carbocycles. The second kappa shape index (κ2) is 11.0. The van der Waals surface area contributed by atoms with Crippen molar-refractivity contribution >= 4 is 18.0 Å². The van der Waals surface area contributed by atoms with Crippen LogP contribution >= 0.6 is 0 Å². The molecule has 4 rings (SSSR count). The van der Waals surface area contributed by atoms with Gasteiger partial charge < -0.3 is 23.8 Å². The molecule has 174 valence electrons. The molecule has 1 heterocycles. The maximum atomic E-state index is 12.6. The lowest BCUT2D eigenvalue weighted by molar-refractivity contribution is -0.140. The highest BCUT2D eigenvalue weighted by Gasteiger charge is 2.24. The van der Waals surface area contributed by atoms with Crippen LogP contribution in [-0.2, 0) is 9.53 Å². The summed E-state index contributed by atoms with van der Waals surface area (Å²) in [5.41, 5.74) is 1.31. The summed E-state index contributed by atoms with van der Waals surface area (Å²) in [6, 6.07) is 23.5. The van der Waals surface area contributed by atoms with E-state index in [0.29, 0.717) is 36.0 Å². The first-order valence-electron chi connectivity index (χ1n) is 11.0. The number of hydrogen-bond donors (Lipinski definition) is 0. The number of esters is 1. The van der Waals surface area contributed by atoms with Crippen LogP contribution < -0.4 is 14.2 Å². The Hall–Kier alpha value is -4.26. The highest BCUT2D eigenvalue weighted by Crippen LogP contribution is 2.24. The summed E-state index contributed by atoms with van der Waals surface area (Å²) in [5, 5.41) is 0. The first kappa shape index (κ1) is 22.9. The Morgan fingerprint density at radius 2 is 1.71 bits per heavy atom. The van der Waals surface area contributed by atoms with Gasteiger partial charge in [-0.15, -0.1) is 0 Å². The Balaban J connectivity index is 1.35. The Kier molecular flexibility index (Phi) is 7.45. The van der Waals surface area contributed by atoms with Gasteiger partial charge in [0.25, 0.3) is 5.91 Å². The SMILES string of the molecule is CCOC(=O)C(=Cc1ccc(OCCN2COc3ccccc3C2=O)cc1)Oc1ccccc1. The Labute approximate surface area is 198 Å². The van der Waals surface area contributed by atoms with E-state index < -0.39 is 5.97 Å². The maximum Gasteiger partial charge on any atom is 0.374 e. The molecule has 0 radical (unpaired) electrons. The van der Waals surface area contributed by atoms with Gasteiger partial charge in [0.2, 0.25) is 5.76 Å². The molecule has 0 N–H and O–H groups in total. The van der Waals surface area contributed by atoms with Crippen LogP contribution in [-0.4, -0.2) is 43.3 Å². The number of nitrogens with zero attached hydrogens (tertiary/aromatic N) is 1. The van der Waals surface area contributed by atoms with Crippen molar-refractivity contribution < 1.29 is 28.5 Å². The lowest BCUT2D eigenvalue weighted by Gasteiger charge is -2.28. The molecule has 0 saturated heterocycles. The minimum atomic E-state index is -0.540. The van der Waals surface area contributed by atoms with Crippen molar-refractivity contribution in [1.29, 1.82) is 0 Å². The molecule has 0 atom stereocenters. The molecule has 0 saturated carbocycles. The molecule has 7 heteroatoms. The van der Waals surface area contributed by atoms with Crippen molar-refractivity contribution in [3.8, 4) is 17.2 Å². The molecule has 0 fully saturated rings. The van der Waals surface area contributed by atoms with Crippen molar-refractivity contribution in [3.63, 3.8) is 0 Å². The molecule has 1 amide bonds. The number of fused-ring (bicyclic) bond motifs is 1. The minimum absolute atomic E-state index is 0.0733. The van der Waals surface area contributed by atoms with Gasteiger partial charge in [0, 0.05) is 0 Å². The molecular formula is C27H25NO6. The fourth-order valence-electron chi connectivity index (χ4n) is 3.34. The van der Waals surface area contributed by atoms with Crippen LogP contribution in [0.15, 0.2) is 84.6 Å². The summed E-state index contributed by atoms with van der Waals surface area (Å²) in [4.78, 5) is 26.5. The largest absolute Gasteiger partial charge is 0.492 e. The second-order valence-corrected chi connectivity index (χ2v) is 7.40. The molecule has 1 aliphatic heterocycles. The molecule has 3 aromatic carbocycles. The van der Waals surface area contributed by atoms with Crippen LogP contribution in [0.5, 0.6) is 17.2 Å². The number of carbonyl (C=O) groups is 2.